The lowest BCUT2D eigenvalue weighted by Gasteiger charge is -2.32. The first-order valence-electron chi connectivity index (χ1n) is 11.3. The average Bonchev–Trinajstić information content (AvgIpc) is 3.52. The van der Waals surface area contributed by atoms with E-state index >= 15 is 0 Å². The predicted molar refractivity (Wildman–Crippen MR) is 118 cm³/mol. The molecule has 10 heteroatoms. The number of fused-ring (bicyclic) bond motifs is 1. The Balaban J connectivity index is 1.24. The van der Waals surface area contributed by atoms with Crippen molar-refractivity contribution in [3.63, 3.8) is 0 Å². The molecule has 0 bridgehead atoms. The van der Waals surface area contributed by atoms with Crippen molar-refractivity contribution >= 4 is 17.1 Å². The van der Waals surface area contributed by atoms with Gasteiger partial charge >= 0.3 is 0 Å². The largest absolute Gasteiger partial charge is 0.493 e. The van der Waals surface area contributed by atoms with E-state index in [1.807, 2.05) is 6.07 Å². The van der Waals surface area contributed by atoms with Crippen molar-refractivity contribution in [2.45, 2.75) is 37.9 Å². The van der Waals surface area contributed by atoms with Crippen LogP contribution in [0.4, 0.5) is 0 Å². The summed E-state index contributed by atoms with van der Waals surface area (Å²) in [5, 5.41) is 7.99. The number of pyridine rings is 1. The molecule has 1 aromatic carbocycles. The van der Waals surface area contributed by atoms with E-state index in [0.29, 0.717) is 47.9 Å². The second kappa shape index (κ2) is 9.62. The van der Waals surface area contributed by atoms with Gasteiger partial charge in [0.25, 0.3) is 5.91 Å². The molecule has 1 saturated heterocycles. The maximum absolute atomic E-state index is 13.2. The number of hydrogen-bond acceptors (Lipinski definition) is 8. The Labute approximate surface area is 191 Å². The number of amides is 1. The van der Waals surface area contributed by atoms with E-state index in [4.69, 9.17) is 19.0 Å². The first-order valence-corrected chi connectivity index (χ1v) is 11.3. The van der Waals surface area contributed by atoms with Gasteiger partial charge in [-0.1, -0.05) is 4.85 Å². The molecule has 1 atom stereocenters. The average molecular weight is 453 g/mol. The fourth-order valence-electron chi connectivity index (χ4n) is 4.26. The molecular formula is C23H27N5O5. The predicted octanol–water partition coefficient (Wildman–Crippen LogP) is 2.13. The number of nitrogens with zero attached hydrogens (tertiary/aromatic N) is 5. The zero-order valence-electron chi connectivity index (χ0n) is 18.6. The highest BCUT2D eigenvalue weighted by Gasteiger charge is 2.27. The maximum Gasteiger partial charge on any atom is 0.254 e. The van der Waals surface area contributed by atoms with Crippen LogP contribution in [0.3, 0.4) is 0 Å². The Hall–Kier alpha value is -3.40. The third-order valence-electron chi connectivity index (χ3n) is 6.00. The molecule has 2 aromatic heterocycles. The topological polar surface area (TPSA) is 101 Å². The fourth-order valence-corrected chi connectivity index (χ4v) is 4.26. The van der Waals surface area contributed by atoms with E-state index in [-0.39, 0.29) is 24.7 Å². The SMILES string of the molecule is COc1ccc(C(=O)N2CCOC(COn3nnc4cccnc43)C2)cc1OC1CCCC1. The van der Waals surface area contributed by atoms with Crippen LogP contribution in [0.15, 0.2) is 36.5 Å². The lowest BCUT2D eigenvalue weighted by molar-refractivity contribution is -0.0680. The molecule has 3 aromatic rings. The number of ether oxygens (including phenoxy) is 3. The summed E-state index contributed by atoms with van der Waals surface area (Å²) in [6, 6.07) is 8.95. The molecule has 2 fully saturated rings. The number of aromatic nitrogens is 4. The van der Waals surface area contributed by atoms with Crippen LogP contribution in [0.5, 0.6) is 11.5 Å². The fraction of sp³-hybridized carbons (Fsp3) is 0.478. The van der Waals surface area contributed by atoms with Gasteiger partial charge in [0.1, 0.15) is 18.2 Å². The van der Waals surface area contributed by atoms with Crippen molar-refractivity contribution in [1.82, 2.24) is 25.0 Å². The Morgan fingerprint density at radius 1 is 1.21 bits per heavy atom. The van der Waals surface area contributed by atoms with Gasteiger partial charge in [-0.25, -0.2) is 4.98 Å². The standard InChI is InChI=1S/C23H27N5O5/c1-30-20-9-8-16(13-21(20)33-17-5-2-3-6-17)23(29)27-11-12-31-18(14-27)15-32-28-22-19(25-26-28)7-4-10-24-22/h4,7-10,13,17-18H,2-3,5-6,11-12,14-15H2,1H3. The van der Waals surface area contributed by atoms with Gasteiger partial charge in [0.05, 0.1) is 26.4 Å². The molecule has 1 amide bonds. The van der Waals surface area contributed by atoms with Crippen LogP contribution in [-0.2, 0) is 4.74 Å². The van der Waals surface area contributed by atoms with Gasteiger partial charge in [-0.15, -0.1) is 5.10 Å². The minimum absolute atomic E-state index is 0.0740. The summed E-state index contributed by atoms with van der Waals surface area (Å²) in [5.74, 6) is 1.18. The zero-order valence-corrected chi connectivity index (χ0v) is 18.6. The monoisotopic (exact) mass is 453 g/mol. The van der Waals surface area contributed by atoms with Gasteiger partial charge in [0.2, 0.25) is 5.65 Å². The summed E-state index contributed by atoms with van der Waals surface area (Å²) in [5.41, 5.74) is 1.75. The maximum atomic E-state index is 13.2. The molecule has 1 aliphatic heterocycles. The van der Waals surface area contributed by atoms with Crippen molar-refractivity contribution in [3.8, 4) is 11.5 Å². The second-order valence-corrected chi connectivity index (χ2v) is 8.24. The molecule has 5 rings (SSSR count). The molecule has 174 valence electrons. The molecule has 0 radical (unpaired) electrons. The Kier molecular flexibility index (Phi) is 6.25. The summed E-state index contributed by atoms with van der Waals surface area (Å²) in [4.78, 5) is 26.3. The number of methoxy groups -OCH3 is 1. The molecule has 1 saturated carbocycles. The van der Waals surface area contributed by atoms with Crippen molar-refractivity contribution in [2.24, 2.45) is 0 Å². The Morgan fingerprint density at radius 2 is 2.09 bits per heavy atom. The van der Waals surface area contributed by atoms with Crippen LogP contribution in [0.25, 0.3) is 11.2 Å². The van der Waals surface area contributed by atoms with E-state index in [1.54, 1.807) is 42.5 Å². The summed E-state index contributed by atoms with van der Waals surface area (Å²) < 4.78 is 17.4. The van der Waals surface area contributed by atoms with Crippen LogP contribution < -0.4 is 14.3 Å². The molecule has 3 heterocycles. The molecule has 10 nitrogen and oxygen atoms in total. The molecule has 33 heavy (non-hydrogen) atoms. The van der Waals surface area contributed by atoms with Gasteiger partial charge in [-0.2, -0.15) is 0 Å². The third-order valence-corrected chi connectivity index (χ3v) is 6.00. The summed E-state index contributed by atoms with van der Waals surface area (Å²) in [7, 11) is 1.61. The minimum Gasteiger partial charge on any atom is -0.493 e. The van der Waals surface area contributed by atoms with Gasteiger partial charge in [0, 0.05) is 18.3 Å². The summed E-state index contributed by atoms with van der Waals surface area (Å²) in [6.45, 7) is 1.56. The number of carbonyl (C=O) groups excluding carboxylic acids is 1. The van der Waals surface area contributed by atoms with E-state index in [9.17, 15) is 4.79 Å². The smallest absolute Gasteiger partial charge is 0.254 e. The highest BCUT2D eigenvalue weighted by atomic mass is 16.7. The Morgan fingerprint density at radius 3 is 2.94 bits per heavy atom. The molecule has 0 N–H and O–H groups in total. The summed E-state index contributed by atoms with van der Waals surface area (Å²) in [6.07, 6.45) is 5.94. The van der Waals surface area contributed by atoms with Gasteiger partial charge in [-0.3, -0.25) is 4.79 Å². The lowest BCUT2D eigenvalue weighted by atomic mass is 10.1. The molecule has 1 aliphatic carbocycles. The number of benzene rings is 1. The zero-order chi connectivity index (χ0) is 22.6. The van der Waals surface area contributed by atoms with Crippen LogP contribution in [0, 0.1) is 0 Å². The minimum atomic E-state index is -0.293. The van der Waals surface area contributed by atoms with Crippen molar-refractivity contribution in [2.75, 3.05) is 33.4 Å². The molecule has 0 spiro atoms. The first-order chi connectivity index (χ1) is 16.2. The van der Waals surface area contributed by atoms with Gasteiger partial charge in [0.15, 0.2) is 11.5 Å². The quantitative estimate of drug-likeness (QED) is 0.536. The van der Waals surface area contributed by atoms with E-state index in [0.717, 1.165) is 12.8 Å². The second-order valence-electron chi connectivity index (χ2n) is 8.24. The highest BCUT2D eigenvalue weighted by molar-refractivity contribution is 5.95. The number of morpholine rings is 1. The van der Waals surface area contributed by atoms with Crippen LogP contribution in [0.1, 0.15) is 36.0 Å². The number of carbonyl (C=O) groups is 1. The van der Waals surface area contributed by atoms with Crippen LogP contribution in [0.2, 0.25) is 0 Å². The summed E-state index contributed by atoms with van der Waals surface area (Å²) >= 11 is 0. The normalized spacial score (nSPS) is 19.1. The lowest BCUT2D eigenvalue weighted by Crippen LogP contribution is -2.48. The van der Waals surface area contributed by atoms with E-state index in [1.165, 1.54) is 17.7 Å². The van der Waals surface area contributed by atoms with Gasteiger partial charge < -0.3 is 23.9 Å². The van der Waals surface area contributed by atoms with E-state index in [2.05, 4.69) is 15.3 Å². The molecule has 2 aliphatic rings. The number of rotatable bonds is 7. The van der Waals surface area contributed by atoms with Crippen molar-refractivity contribution in [3.05, 3.63) is 42.1 Å². The highest BCUT2D eigenvalue weighted by Crippen LogP contribution is 2.33. The van der Waals surface area contributed by atoms with Crippen molar-refractivity contribution < 1.29 is 23.8 Å². The number of hydrogen-bond donors (Lipinski definition) is 0. The third kappa shape index (κ3) is 4.70. The van der Waals surface area contributed by atoms with Gasteiger partial charge in [-0.05, 0) is 61.2 Å². The Bertz CT molecular complexity index is 1110. The molecule has 1 unspecified atom stereocenters. The first kappa shape index (κ1) is 21.4. The van der Waals surface area contributed by atoms with Crippen LogP contribution >= 0.6 is 0 Å². The molecular weight excluding hydrogens is 426 g/mol. The van der Waals surface area contributed by atoms with Crippen molar-refractivity contribution in [1.29, 1.82) is 0 Å². The van der Waals surface area contributed by atoms with Crippen LogP contribution in [-0.4, -0.2) is 76.6 Å². The van der Waals surface area contributed by atoms with E-state index < -0.39 is 0 Å².